The molecule has 3 N–H and O–H groups in total. The number of hydrazine groups is 1. The van der Waals surface area contributed by atoms with Crippen molar-refractivity contribution in [3.05, 3.63) is 65.4 Å². The third-order valence-electron chi connectivity index (χ3n) is 4.23. The summed E-state index contributed by atoms with van der Waals surface area (Å²) in [6, 6.07) is 11.7. The van der Waals surface area contributed by atoms with Crippen molar-refractivity contribution in [2.75, 3.05) is 6.54 Å². The molecule has 26 heavy (non-hydrogen) atoms. The highest BCUT2D eigenvalue weighted by molar-refractivity contribution is 7.13. The summed E-state index contributed by atoms with van der Waals surface area (Å²) in [5.41, 5.74) is 8.17. The van der Waals surface area contributed by atoms with Gasteiger partial charge in [-0.1, -0.05) is 30.3 Å². The number of carbonyl (C=O) groups excluding carboxylic acids is 1. The predicted molar refractivity (Wildman–Crippen MR) is 98.8 cm³/mol. The zero-order chi connectivity index (χ0) is 17.8. The van der Waals surface area contributed by atoms with Crippen LogP contribution in [0.4, 0.5) is 0 Å². The van der Waals surface area contributed by atoms with Gasteiger partial charge in [-0.3, -0.25) is 10.2 Å². The standard InChI is InChI=1S/C18H18N6OS/c25-17(14-10-22-24-15(14)12-5-2-1-3-6-12)21-9-13-11-26-18(23-13)16-19-7-4-8-20-16/h1-8,11,14-15,22,24H,9-10H2,(H,21,25). The maximum atomic E-state index is 12.6. The average molecular weight is 366 g/mol. The lowest BCUT2D eigenvalue weighted by atomic mass is 9.94. The van der Waals surface area contributed by atoms with E-state index in [9.17, 15) is 4.79 Å². The number of benzene rings is 1. The van der Waals surface area contributed by atoms with E-state index in [2.05, 4.69) is 31.1 Å². The number of carbonyl (C=O) groups is 1. The van der Waals surface area contributed by atoms with Crippen LogP contribution in [0.15, 0.2) is 54.2 Å². The molecule has 2 atom stereocenters. The van der Waals surface area contributed by atoms with Crippen LogP contribution in [-0.2, 0) is 11.3 Å². The van der Waals surface area contributed by atoms with E-state index in [1.807, 2.05) is 35.7 Å². The lowest BCUT2D eigenvalue weighted by molar-refractivity contribution is -0.125. The van der Waals surface area contributed by atoms with Crippen LogP contribution in [0, 0.1) is 5.92 Å². The molecule has 1 amide bonds. The molecule has 3 aromatic rings. The third-order valence-corrected chi connectivity index (χ3v) is 5.12. The molecular weight excluding hydrogens is 348 g/mol. The molecule has 2 unspecified atom stereocenters. The van der Waals surface area contributed by atoms with Crippen LogP contribution in [-0.4, -0.2) is 27.4 Å². The molecule has 1 fully saturated rings. The number of nitrogens with zero attached hydrogens (tertiary/aromatic N) is 3. The van der Waals surface area contributed by atoms with Crippen molar-refractivity contribution in [3.8, 4) is 10.8 Å². The fraction of sp³-hybridized carbons (Fsp3) is 0.222. The van der Waals surface area contributed by atoms with Crippen LogP contribution in [0.2, 0.25) is 0 Å². The Kier molecular flexibility index (Phi) is 4.96. The molecule has 1 aliphatic heterocycles. The highest BCUT2D eigenvalue weighted by Crippen LogP contribution is 2.25. The SMILES string of the molecule is O=C(NCc1csc(-c2ncccn2)n1)C1CNNC1c1ccccc1. The number of aromatic nitrogens is 3. The van der Waals surface area contributed by atoms with Gasteiger partial charge in [0.2, 0.25) is 5.91 Å². The fourth-order valence-corrected chi connectivity index (χ4v) is 3.69. The first kappa shape index (κ1) is 16.8. The van der Waals surface area contributed by atoms with E-state index in [4.69, 9.17) is 0 Å². The topological polar surface area (TPSA) is 91.8 Å². The number of rotatable bonds is 5. The van der Waals surface area contributed by atoms with Crippen LogP contribution in [0.3, 0.4) is 0 Å². The Morgan fingerprint density at radius 3 is 2.81 bits per heavy atom. The minimum atomic E-state index is -0.173. The van der Waals surface area contributed by atoms with Crippen LogP contribution >= 0.6 is 11.3 Å². The van der Waals surface area contributed by atoms with Gasteiger partial charge in [0, 0.05) is 24.3 Å². The maximum Gasteiger partial charge on any atom is 0.226 e. The van der Waals surface area contributed by atoms with Gasteiger partial charge >= 0.3 is 0 Å². The van der Waals surface area contributed by atoms with E-state index in [-0.39, 0.29) is 17.9 Å². The molecule has 0 spiro atoms. The number of thiazole rings is 1. The van der Waals surface area contributed by atoms with E-state index in [0.717, 1.165) is 16.3 Å². The molecule has 1 saturated heterocycles. The second-order valence-electron chi connectivity index (χ2n) is 5.95. The van der Waals surface area contributed by atoms with Crippen molar-refractivity contribution < 1.29 is 4.79 Å². The highest BCUT2D eigenvalue weighted by Gasteiger charge is 2.33. The first-order valence-electron chi connectivity index (χ1n) is 8.34. The smallest absolute Gasteiger partial charge is 0.226 e. The van der Waals surface area contributed by atoms with E-state index < -0.39 is 0 Å². The first-order chi connectivity index (χ1) is 12.8. The first-order valence-corrected chi connectivity index (χ1v) is 9.22. The van der Waals surface area contributed by atoms with E-state index in [1.54, 1.807) is 18.5 Å². The average Bonchev–Trinajstić information content (AvgIpc) is 3.37. The summed E-state index contributed by atoms with van der Waals surface area (Å²) in [6.07, 6.45) is 3.38. The van der Waals surface area contributed by atoms with Gasteiger partial charge in [-0.05, 0) is 11.6 Å². The second kappa shape index (κ2) is 7.69. The number of amides is 1. The van der Waals surface area contributed by atoms with Crippen LogP contribution in [0.5, 0.6) is 0 Å². The summed E-state index contributed by atoms with van der Waals surface area (Å²) >= 11 is 1.47. The van der Waals surface area contributed by atoms with Gasteiger partial charge in [0.15, 0.2) is 10.8 Å². The summed E-state index contributed by atoms with van der Waals surface area (Å²) in [5, 5.41) is 5.66. The Bertz CT molecular complexity index is 870. The summed E-state index contributed by atoms with van der Waals surface area (Å²) < 4.78 is 0. The normalized spacial score (nSPS) is 19.4. The van der Waals surface area contributed by atoms with Gasteiger partial charge in [-0.2, -0.15) is 0 Å². The zero-order valence-corrected chi connectivity index (χ0v) is 14.7. The molecule has 2 aromatic heterocycles. The Morgan fingerprint density at radius 1 is 1.19 bits per heavy atom. The number of hydrogen-bond acceptors (Lipinski definition) is 7. The fourth-order valence-electron chi connectivity index (χ4n) is 2.93. The minimum absolute atomic E-state index is 0.00173. The summed E-state index contributed by atoms with van der Waals surface area (Å²) in [7, 11) is 0. The highest BCUT2D eigenvalue weighted by atomic mass is 32.1. The van der Waals surface area contributed by atoms with E-state index in [1.165, 1.54) is 11.3 Å². The van der Waals surface area contributed by atoms with Crippen molar-refractivity contribution in [2.24, 2.45) is 5.92 Å². The van der Waals surface area contributed by atoms with Crippen molar-refractivity contribution in [3.63, 3.8) is 0 Å². The molecule has 1 aliphatic rings. The molecule has 0 radical (unpaired) electrons. The van der Waals surface area contributed by atoms with Gasteiger partial charge in [-0.25, -0.2) is 20.4 Å². The van der Waals surface area contributed by atoms with Crippen LogP contribution in [0.1, 0.15) is 17.3 Å². The van der Waals surface area contributed by atoms with Crippen molar-refractivity contribution >= 4 is 17.2 Å². The minimum Gasteiger partial charge on any atom is -0.350 e. The monoisotopic (exact) mass is 366 g/mol. The van der Waals surface area contributed by atoms with Crippen molar-refractivity contribution in [1.29, 1.82) is 0 Å². The predicted octanol–water partition coefficient (Wildman–Crippen LogP) is 1.68. The van der Waals surface area contributed by atoms with Gasteiger partial charge in [0.25, 0.3) is 0 Å². The van der Waals surface area contributed by atoms with E-state index >= 15 is 0 Å². The largest absolute Gasteiger partial charge is 0.350 e. The lowest BCUT2D eigenvalue weighted by Gasteiger charge is -2.18. The molecule has 4 rings (SSSR count). The maximum absolute atomic E-state index is 12.6. The van der Waals surface area contributed by atoms with Crippen LogP contribution < -0.4 is 16.2 Å². The van der Waals surface area contributed by atoms with Gasteiger partial charge < -0.3 is 5.32 Å². The van der Waals surface area contributed by atoms with Gasteiger partial charge in [-0.15, -0.1) is 11.3 Å². The molecule has 7 nitrogen and oxygen atoms in total. The Balaban J connectivity index is 1.39. The number of hydrogen-bond donors (Lipinski definition) is 3. The molecule has 0 aliphatic carbocycles. The quantitative estimate of drug-likeness (QED) is 0.636. The molecular formula is C18H18N6OS. The molecule has 3 heterocycles. The molecule has 8 heteroatoms. The summed E-state index contributed by atoms with van der Waals surface area (Å²) in [6.45, 7) is 0.978. The summed E-state index contributed by atoms with van der Waals surface area (Å²) in [5.74, 6) is 0.429. The van der Waals surface area contributed by atoms with Crippen molar-refractivity contribution in [1.82, 2.24) is 31.1 Å². The lowest BCUT2D eigenvalue weighted by Crippen LogP contribution is -2.34. The Morgan fingerprint density at radius 2 is 2.00 bits per heavy atom. The van der Waals surface area contributed by atoms with Gasteiger partial charge in [0.1, 0.15) is 0 Å². The Labute approximate surface area is 154 Å². The number of nitrogens with one attached hydrogen (secondary N) is 3. The zero-order valence-electron chi connectivity index (χ0n) is 13.9. The van der Waals surface area contributed by atoms with Crippen molar-refractivity contribution in [2.45, 2.75) is 12.6 Å². The van der Waals surface area contributed by atoms with E-state index in [0.29, 0.717) is 18.9 Å². The Hall–Kier alpha value is -2.68. The molecule has 132 valence electrons. The molecule has 1 aromatic carbocycles. The van der Waals surface area contributed by atoms with Crippen LogP contribution in [0.25, 0.3) is 10.8 Å². The second-order valence-corrected chi connectivity index (χ2v) is 6.81. The molecule has 0 bridgehead atoms. The molecule has 0 saturated carbocycles. The van der Waals surface area contributed by atoms with Gasteiger partial charge in [0.05, 0.1) is 24.2 Å². The summed E-state index contributed by atoms with van der Waals surface area (Å²) in [4.78, 5) is 25.5. The third kappa shape index (κ3) is 3.62.